The van der Waals surface area contributed by atoms with Crippen LogP contribution in [0, 0.1) is 17.6 Å². The van der Waals surface area contributed by atoms with Crippen LogP contribution in [0.25, 0.3) is 0 Å². The Kier molecular flexibility index (Phi) is 3.80. The molecule has 3 heterocycles. The average molecular weight is 287 g/mol. The molecule has 0 aliphatic carbocycles. The molecule has 0 bridgehead atoms. The summed E-state index contributed by atoms with van der Waals surface area (Å²) in [7, 11) is 0. The first-order valence-electron chi connectivity index (χ1n) is 6.73. The lowest BCUT2D eigenvalue weighted by molar-refractivity contribution is 0.0209. The lowest BCUT2D eigenvalue weighted by Crippen LogP contribution is -2.44. The zero-order valence-electron chi connectivity index (χ0n) is 11.0. The van der Waals surface area contributed by atoms with Gasteiger partial charge in [0.05, 0.1) is 13.2 Å². The van der Waals surface area contributed by atoms with Crippen LogP contribution < -0.4 is 4.90 Å². The van der Waals surface area contributed by atoms with Crippen LogP contribution in [-0.4, -0.2) is 55.3 Å². The molecule has 0 N–H and O–H groups in total. The Morgan fingerprint density at radius 2 is 1.85 bits per heavy atom. The maximum absolute atomic E-state index is 13.7. The van der Waals surface area contributed by atoms with Gasteiger partial charge in [0, 0.05) is 38.3 Å². The molecule has 0 aromatic carbocycles. The lowest BCUT2D eigenvalue weighted by Gasteiger charge is -2.32. The van der Waals surface area contributed by atoms with Gasteiger partial charge in [0.2, 0.25) is 0 Å². The average Bonchev–Trinajstić information content (AvgIpc) is 2.93. The lowest BCUT2D eigenvalue weighted by atomic mass is 10.2. The largest absolute Gasteiger partial charge is 0.379 e. The standard InChI is InChI=1S/C13H16F3N3O/c14-10-7-11(15)13(17-12(10)16)19-2-1-9(8-19)18-3-5-20-6-4-18/h7,9H,1-6,8H2. The van der Waals surface area contributed by atoms with E-state index in [0.717, 1.165) is 19.5 Å². The molecule has 2 aliphatic heterocycles. The molecular weight excluding hydrogens is 271 g/mol. The monoisotopic (exact) mass is 287 g/mol. The van der Waals surface area contributed by atoms with Gasteiger partial charge in [-0.15, -0.1) is 0 Å². The Labute approximate surface area is 115 Å². The van der Waals surface area contributed by atoms with E-state index in [-0.39, 0.29) is 11.9 Å². The van der Waals surface area contributed by atoms with Gasteiger partial charge < -0.3 is 9.64 Å². The molecule has 1 atom stereocenters. The second-order valence-corrected chi connectivity index (χ2v) is 5.10. The number of anilines is 1. The maximum Gasteiger partial charge on any atom is 0.251 e. The van der Waals surface area contributed by atoms with Crippen molar-refractivity contribution in [2.75, 3.05) is 44.3 Å². The first-order chi connectivity index (χ1) is 9.65. The molecule has 3 rings (SSSR count). The van der Waals surface area contributed by atoms with Gasteiger partial charge in [-0.25, -0.2) is 8.78 Å². The van der Waals surface area contributed by atoms with E-state index in [1.165, 1.54) is 0 Å². The fourth-order valence-electron chi connectivity index (χ4n) is 2.83. The van der Waals surface area contributed by atoms with Crippen molar-refractivity contribution in [3.63, 3.8) is 0 Å². The first-order valence-corrected chi connectivity index (χ1v) is 6.73. The third kappa shape index (κ3) is 2.60. The summed E-state index contributed by atoms with van der Waals surface area (Å²) >= 11 is 0. The number of hydrogen-bond acceptors (Lipinski definition) is 4. The summed E-state index contributed by atoms with van der Waals surface area (Å²) in [5, 5.41) is 0. The number of hydrogen-bond donors (Lipinski definition) is 0. The highest BCUT2D eigenvalue weighted by atomic mass is 19.2. The Morgan fingerprint density at radius 1 is 1.10 bits per heavy atom. The van der Waals surface area contributed by atoms with Crippen LogP contribution in [0.3, 0.4) is 0 Å². The van der Waals surface area contributed by atoms with Crippen LogP contribution in [0.1, 0.15) is 6.42 Å². The van der Waals surface area contributed by atoms with Crippen LogP contribution in [0.5, 0.6) is 0 Å². The highest BCUT2D eigenvalue weighted by Gasteiger charge is 2.31. The number of halogens is 3. The van der Waals surface area contributed by atoms with E-state index in [0.29, 0.717) is 32.4 Å². The van der Waals surface area contributed by atoms with E-state index in [9.17, 15) is 13.2 Å². The van der Waals surface area contributed by atoms with Crippen LogP contribution >= 0.6 is 0 Å². The summed E-state index contributed by atoms with van der Waals surface area (Å²) in [6, 6.07) is 0.841. The third-order valence-electron chi connectivity index (χ3n) is 3.89. The van der Waals surface area contributed by atoms with Crippen molar-refractivity contribution in [2.24, 2.45) is 0 Å². The fraction of sp³-hybridized carbons (Fsp3) is 0.615. The van der Waals surface area contributed by atoms with Gasteiger partial charge in [0.25, 0.3) is 5.95 Å². The molecule has 0 radical (unpaired) electrons. The Morgan fingerprint density at radius 3 is 2.60 bits per heavy atom. The Bertz CT molecular complexity index is 494. The van der Waals surface area contributed by atoms with E-state index in [1.807, 2.05) is 0 Å². The van der Waals surface area contributed by atoms with Crippen molar-refractivity contribution < 1.29 is 17.9 Å². The minimum absolute atomic E-state index is 0.0975. The van der Waals surface area contributed by atoms with E-state index in [4.69, 9.17) is 4.74 Å². The van der Waals surface area contributed by atoms with Gasteiger partial charge in [-0.1, -0.05) is 0 Å². The molecular formula is C13H16F3N3O. The van der Waals surface area contributed by atoms with Crippen LogP contribution in [-0.2, 0) is 4.74 Å². The highest BCUT2D eigenvalue weighted by Crippen LogP contribution is 2.25. The Balaban J connectivity index is 1.72. The van der Waals surface area contributed by atoms with Crippen molar-refractivity contribution in [3.8, 4) is 0 Å². The summed E-state index contributed by atoms with van der Waals surface area (Å²) in [5.41, 5.74) is 0. The maximum atomic E-state index is 13.7. The van der Waals surface area contributed by atoms with Crippen LogP contribution in [0.2, 0.25) is 0 Å². The van der Waals surface area contributed by atoms with Gasteiger partial charge in [0.15, 0.2) is 17.5 Å². The zero-order chi connectivity index (χ0) is 14.1. The summed E-state index contributed by atoms with van der Waals surface area (Å²) in [6.45, 7) is 4.28. The van der Waals surface area contributed by atoms with E-state index in [2.05, 4.69) is 9.88 Å². The highest BCUT2D eigenvalue weighted by molar-refractivity contribution is 5.41. The zero-order valence-corrected chi connectivity index (χ0v) is 11.0. The molecule has 2 fully saturated rings. The van der Waals surface area contributed by atoms with Crippen molar-refractivity contribution in [1.82, 2.24) is 9.88 Å². The second kappa shape index (κ2) is 5.57. The first kappa shape index (κ1) is 13.6. The summed E-state index contributed by atoms with van der Waals surface area (Å²) in [6.07, 6.45) is 0.861. The number of aromatic nitrogens is 1. The fourth-order valence-corrected chi connectivity index (χ4v) is 2.83. The van der Waals surface area contributed by atoms with Crippen molar-refractivity contribution in [3.05, 3.63) is 23.6 Å². The minimum Gasteiger partial charge on any atom is -0.379 e. The molecule has 110 valence electrons. The summed E-state index contributed by atoms with van der Waals surface area (Å²) < 4.78 is 45.1. The topological polar surface area (TPSA) is 28.6 Å². The van der Waals surface area contributed by atoms with Gasteiger partial charge >= 0.3 is 0 Å². The van der Waals surface area contributed by atoms with Crippen LogP contribution in [0.4, 0.5) is 19.0 Å². The van der Waals surface area contributed by atoms with Gasteiger partial charge in [-0.3, -0.25) is 4.90 Å². The molecule has 0 saturated carbocycles. The molecule has 0 spiro atoms. The van der Waals surface area contributed by atoms with Gasteiger partial charge in [0.1, 0.15) is 0 Å². The van der Waals surface area contributed by atoms with Crippen LogP contribution in [0.15, 0.2) is 6.07 Å². The predicted molar refractivity (Wildman–Crippen MR) is 67.1 cm³/mol. The van der Waals surface area contributed by atoms with Crippen molar-refractivity contribution >= 4 is 5.82 Å². The molecule has 2 saturated heterocycles. The van der Waals surface area contributed by atoms with Gasteiger partial charge in [-0.05, 0) is 6.42 Å². The molecule has 7 heteroatoms. The number of morpholine rings is 1. The molecule has 1 aromatic rings. The van der Waals surface area contributed by atoms with E-state index >= 15 is 0 Å². The summed E-state index contributed by atoms with van der Waals surface area (Å²) in [5.74, 6) is -3.42. The SMILES string of the molecule is Fc1cc(F)c(N2CCC(N3CCOCC3)C2)nc1F. The number of rotatable bonds is 2. The molecule has 20 heavy (non-hydrogen) atoms. The smallest absolute Gasteiger partial charge is 0.251 e. The molecule has 2 aliphatic rings. The second-order valence-electron chi connectivity index (χ2n) is 5.10. The van der Waals surface area contributed by atoms with Crippen molar-refractivity contribution in [1.29, 1.82) is 0 Å². The normalized spacial score (nSPS) is 24.4. The number of pyridine rings is 1. The number of nitrogens with zero attached hydrogens (tertiary/aromatic N) is 3. The van der Waals surface area contributed by atoms with Gasteiger partial charge in [-0.2, -0.15) is 9.37 Å². The minimum atomic E-state index is -1.25. The quantitative estimate of drug-likeness (QED) is 0.769. The molecule has 1 aromatic heterocycles. The summed E-state index contributed by atoms with van der Waals surface area (Å²) in [4.78, 5) is 7.37. The molecule has 4 nitrogen and oxygen atoms in total. The van der Waals surface area contributed by atoms with E-state index < -0.39 is 17.6 Å². The molecule has 0 amide bonds. The predicted octanol–water partition coefficient (Wildman–Crippen LogP) is 1.41. The van der Waals surface area contributed by atoms with E-state index in [1.54, 1.807) is 4.90 Å². The van der Waals surface area contributed by atoms with Crippen molar-refractivity contribution in [2.45, 2.75) is 12.5 Å². The Hall–Kier alpha value is -1.34. The number of ether oxygens (including phenoxy) is 1. The molecule has 1 unspecified atom stereocenters. The third-order valence-corrected chi connectivity index (χ3v) is 3.89.